The van der Waals surface area contributed by atoms with Gasteiger partial charge < -0.3 is 9.15 Å². The van der Waals surface area contributed by atoms with Crippen LogP contribution in [0.4, 0.5) is 0 Å². The van der Waals surface area contributed by atoms with Gasteiger partial charge in [0.15, 0.2) is 5.76 Å². The van der Waals surface area contributed by atoms with E-state index in [1.807, 2.05) is 58.0 Å². The van der Waals surface area contributed by atoms with Crippen LogP contribution in [0.25, 0.3) is 22.3 Å². The Morgan fingerprint density at radius 2 is 1.66 bits per heavy atom. The first-order valence-electron chi connectivity index (χ1n) is 9.16. The number of hydrogen-bond donors (Lipinski definition) is 0. The smallest absolute Gasteiger partial charge is 0.322 e. The van der Waals surface area contributed by atoms with Crippen molar-refractivity contribution in [3.63, 3.8) is 0 Å². The molecule has 0 aliphatic carbocycles. The molecule has 0 bridgehead atoms. The highest BCUT2D eigenvalue weighted by Crippen LogP contribution is 2.37. The number of aryl methyl sites for hydroxylation is 4. The van der Waals surface area contributed by atoms with Gasteiger partial charge in [0.05, 0.1) is 10.4 Å². The molecule has 29 heavy (non-hydrogen) atoms. The predicted molar refractivity (Wildman–Crippen MR) is 114 cm³/mol. The molecule has 2 heterocycles. The summed E-state index contributed by atoms with van der Waals surface area (Å²) in [7, 11) is 0. The van der Waals surface area contributed by atoms with E-state index in [2.05, 4.69) is 9.97 Å². The van der Waals surface area contributed by atoms with Crippen molar-refractivity contribution in [3.05, 3.63) is 80.2 Å². The molecule has 0 fully saturated rings. The number of halogens is 1. The fraction of sp³-hybridized carbons (Fsp3) is 0.174. The lowest BCUT2D eigenvalue weighted by molar-refractivity contribution is 0.421. The lowest BCUT2D eigenvalue weighted by atomic mass is 10.0. The number of nitrogens with zero attached hydrogens (tertiary/aromatic N) is 2. The van der Waals surface area contributed by atoms with Crippen LogP contribution in [0.15, 0.2) is 51.7 Å². The predicted octanol–water partition coefficient (Wildman–Crippen LogP) is 5.93. The molecule has 0 saturated heterocycles. The van der Waals surface area contributed by atoms with Crippen LogP contribution in [0.2, 0.25) is 5.02 Å². The molecule has 0 atom stereocenters. The van der Waals surface area contributed by atoms with Crippen LogP contribution in [-0.2, 0) is 0 Å². The molecule has 0 radical (unpaired) electrons. The van der Waals surface area contributed by atoms with E-state index < -0.39 is 0 Å². The molecule has 5 nitrogen and oxygen atoms in total. The first-order chi connectivity index (χ1) is 13.8. The van der Waals surface area contributed by atoms with E-state index in [9.17, 15) is 4.79 Å². The Kier molecular flexibility index (Phi) is 4.84. The molecule has 4 aromatic rings. The van der Waals surface area contributed by atoms with Crippen LogP contribution < -0.4 is 10.2 Å². The van der Waals surface area contributed by atoms with E-state index in [0.717, 1.165) is 22.5 Å². The van der Waals surface area contributed by atoms with Gasteiger partial charge in [0, 0.05) is 17.0 Å². The zero-order valence-corrected chi connectivity index (χ0v) is 17.3. The van der Waals surface area contributed by atoms with Crippen molar-refractivity contribution in [2.75, 3.05) is 0 Å². The second kappa shape index (κ2) is 7.33. The van der Waals surface area contributed by atoms with Crippen molar-refractivity contribution in [1.82, 2.24) is 9.97 Å². The maximum absolute atomic E-state index is 13.5. The standard InChI is InChI=1S/C23H19ClN2O3/c1-12-9-13(2)19-18(10-12)28-21(16-7-5-6-8-17(16)24)22(20(19)27)29-23-25-14(3)11-15(4)26-23/h5-11H,1-4H3. The Morgan fingerprint density at radius 1 is 0.966 bits per heavy atom. The summed E-state index contributed by atoms with van der Waals surface area (Å²) in [6.45, 7) is 7.51. The van der Waals surface area contributed by atoms with E-state index in [1.165, 1.54) is 0 Å². The minimum Gasteiger partial charge on any atom is -0.452 e. The van der Waals surface area contributed by atoms with Crippen LogP contribution in [-0.4, -0.2) is 9.97 Å². The summed E-state index contributed by atoms with van der Waals surface area (Å²) in [6, 6.07) is 12.8. The molecule has 4 rings (SSSR count). The quantitative estimate of drug-likeness (QED) is 0.422. The highest BCUT2D eigenvalue weighted by Gasteiger charge is 2.22. The Balaban J connectivity index is 2.05. The van der Waals surface area contributed by atoms with Gasteiger partial charge in [0.25, 0.3) is 0 Å². The fourth-order valence-corrected chi connectivity index (χ4v) is 3.64. The number of fused-ring (bicyclic) bond motifs is 1. The third kappa shape index (κ3) is 3.61. The lowest BCUT2D eigenvalue weighted by Crippen LogP contribution is -2.10. The van der Waals surface area contributed by atoms with Crippen LogP contribution >= 0.6 is 11.6 Å². The second-order valence-corrected chi connectivity index (χ2v) is 7.47. The molecule has 6 heteroatoms. The maximum atomic E-state index is 13.5. The number of benzene rings is 2. The Morgan fingerprint density at radius 3 is 2.34 bits per heavy atom. The van der Waals surface area contributed by atoms with Crippen molar-refractivity contribution < 1.29 is 9.15 Å². The summed E-state index contributed by atoms with van der Waals surface area (Å²) in [4.78, 5) is 22.1. The minimum absolute atomic E-state index is 0.0163. The van der Waals surface area contributed by atoms with Gasteiger partial charge in [-0.15, -0.1) is 0 Å². The first kappa shape index (κ1) is 19.2. The molecule has 2 aromatic carbocycles. The Labute approximate surface area is 173 Å². The zero-order valence-electron chi connectivity index (χ0n) is 16.5. The molecule has 0 aliphatic rings. The second-order valence-electron chi connectivity index (χ2n) is 7.06. The van der Waals surface area contributed by atoms with Crippen molar-refractivity contribution in [3.8, 4) is 23.1 Å². The summed E-state index contributed by atoms with van der Waals surface area (Å²) in [5.74, 6) is 0.267. The van der Waals surface area contributed by atoms with Gasteiger partial charge >= 0.3 is 6.01 Å². The lowest BCUT2D eigenvalue weighted by Gasteiger charge is -2.13. The molecule has 0 unspecified atom stereocenters. The molecule has 0 saturated carbocycles. The minimum atomic E-state index is -0.290. The molecule has 0 amide bonds. The molecule has 146 valence electrons. The van der Waals surface area contributed by atoms with Crippen LogP contribution in [0.5, 0.6) is 11.8 Å². The summed E-state index contributed by atoms with van der Waals surface area (Å²) >= 11 is 6.40. The van der Waals surface area contributed by atoms with Gasteiger partial charge in [0.1, 0.15) is 5.58 Å². The average molecular weight is 407 g/mol. The molecular formula is C23H19ClN2O3. The number of hydrogen-bond acceptors (Lipinski definition) is 5. The number of aromatic nitrogens is 2. The number of rotatable bonds is 3. The van der Waals surface area contributed by atoms with Crippen molar-refractivity contribution in [2.45, 2.75) is 27.7 Å². The normalized spacial score (nSPS) is 11.1. The monoisotopic (exact) mass is 406 g/mol. The highest BCUT2D eigenvalue weighted by molar-refractivity contribution is 6.33. The fourth-order valence-electron chi connectivity index (χ4n) is 3.42. The Bertz CT molecular complexity index is 1290. The molecule has 0 aliphatic heterocycles. The van der Waals surface area contributed by atoms with E-state index >= 15 is 0 Å². The summed E-state index contributed by atoms with van der Waals surface area (Å²) in [5.41, 5.74) is 4.04. The van der Waals surface area contributed by atoms with E-state index in [-0.39, 0.29) is 22.9 Å². The highest BCUT2D eigenvalue weighted by atomic mass is 35.5. The van der Waals surface area contributed by atoms with Gasteiger partial charge in [-0.2, -0.15) is 0 Å². The van der Waals surface area contributed by atoms with Crippen molar-refractivity contribution in [1.29, 1.82) is 0 Å². The van der Waals surface area contributed by atoms with Crippen molar-refractivity contribution >= 4 is 22.6 Å². The van der Waals surface area contributed by atoms with Gasteiger partial charge in [-0.25, -0.2) is 9.97 Å². The molecule has 2 aromatic heterocycles. The van der Waals surface area contributed by atoms with Crippen LogP contribution in [0, 0.1) is 27.7 Å². The third-order valence-corrected chi connectivity index (χ3v) is 4.90. The van der Waals surface area contributed by atoms with Gasteiger partial charge in [-0.05, 0) is 63.1 Å². The summed E-state index contributed by atoms with van der Waals surface area (Å²) < 4.78 is 12.1. The molecule has 0 N–H and O–H groups in total. The third-order valence-electron chi connectivity index (χ3n) is 4.57. The Hall–Kier alpha value is -3.18. The topological polar surface area (TPSA) is 65.2 Å². The molecule has 0 spiro atoms. The van der Waals surface area contributed by atoms with Gasteiger partial charge in [-0.1, -0.05) is 29.8 Å². The van der Waals surface area contributed by atoms with E-state index in [1.54, 1.807) is 12.1 Å². The summed E-state index contributed by atoms with van der Waals surface area (Å²) in [5, 5.41) is 0.913. The number of ether oxygens (including phenoxy) is 1. The zero-order chi connectivity index (χ0) is 20.7. The van der Waals surface area contributed by atoms with E-state index in [0.29, 0.717) is 21.6 Å². The average Bonchev–Trinajstić information content (AvgIpc) is 2.63. The molecular weight excluding hydrogens is 388 g/mol. The maximum Gasteiger partial charge on any atom is 0.322 e. The van der Waals surface area contributed by atoms with Crippen molar-refractivity contribution in [2.24, 2.45) is 0 Å². The van der Waals surface area contributed by atoms with Gasteiger partial charge in [0.2, 0.25) is 11.2 Å². The summed E-state index contributed by atoms with van der Waals surface area (Å²) in [6.07, 6.45) is 0. The van der Waals surface area contributed by atoms with Crippen LogP contribution in [0.1, 0.15) is 22.5 Å². The SMILES string of the molecule is Cc1cc(C)c2c(=O)c(Oc3nc(C)cc(C)n3)c(-c3ccccc3Cl)oc2c1. The van der Waals surface area contributed by atoms with E-state index in [4.69, 9.17) is 20.8 Å². The van der Waals surface area contributed by atoms with Gasteiger partial charge in [-0.3, -0.25) is 4.79 Å². The first-order valence-corrected chi connectivity index (χ1v) is 9.54. The largest absolute Gasteiger partial charge is 0.452 e. The van der Waals surface area contributed by atoms with Crippen LogP contribution in [0.3, 0.4) is 0 Å².